The van der Waals surface area contributed by atoms with Crippen molar-refractivity contribution in [3.05, 3.63) is 63.9 Å². The van der Waals surface area contributed by atoms with Crippen LogP contribution in [0.4, 0.5) is 0 Å². The van der Waals surface area contributed by atoms with Crippen LogP contribution in [0.3, 0.4) is 0 Å². The summed E-state index contributed by atoms with van der Waals surface area (Å²) in [7, 11) is 1.54. The number of guanidine groups is 1. The van der Waals surface area contributed by atoms with Gasteiger partial charge in [-0.3, -0.25) is 15.1 Å². The predicted molar refractivity (Wildman–Crippen MR) is 111 cm³/mol. The highest BCUT2D eigenvalue weighted by atomic mass is 79.9. The molecule has 142 valence electrons. The van der Waals surface area contributed by atoms with Gasteiger partial charge in [-0.25, -0.2) is 4.98 Å². The number of hydrogen-bond acceptors (Lipinski definition) is 3. The van der Waals surface area contributed by atoms with Crippen LogP contribution in [0.1, 0.15) is 55.3 Å². The second-order valence-electron chi connectivity index (χ2n) is 7.72. The van der Waals surface area contributed by atoms with E-state index in [0.717, 1.165) is 15.9 Å². The fourth-order valence-corrected chi connectivity index (χ4v) is 3.82. The number of likely N-dealkylation sites (N-methyl/N-ethyl adjacent to an activating group) is 1. The average molecular weight is 429 g/mol. The Balaban J connectivity index is 2.05. The van der Waals surface area contributed by atoms with Crippen molar-refractivity contribution in [3.8, 4) is 0 Å². The van der Waals surface area contributed by atoms with E-state index in [9.17, 15) is 4.79 Å². The predicted octanol–water partition coefficient (Wildman–Crippen LogP) is 4.13. The smallest absolute Gasteiger partial charge is 0.237 e. The van der Waals surface area contributed by atoms with E-state index in [2.05, 4.69) is 33.0 Å². The zero-order valence-electron chi connectivity index (χ0n) is 15.9. The summed E-state index contributed by atoms with van der Waals surface area (Å²) in [5.41, 5.74) is 8.04. The van der Waals surface area contributed by atoms with E-state index in [1.54, 1.807) is 7.05 Å². The number of nitrogens with zero attached hydrogens (tertiary/aromatic N) is 2. The number of amides is 1. The summed E-state index contributed by atoms with van der Waals surface area (Å²) in [6.07, 6.45) is 2.48. The number of nitrogens with two attached hydrogens (primary N) is 1. The standard InChI is InChI=1S/C21H25BrN4O/c1-21(2,16-5-4-6-17(22)25-16)18(19(27)26(3)20(23)24)15-11-9-14(10-12-15)13-7-8-13/h4-6,9-13,18H,7-8H2,1-3H3,(H3,23,24)/t18-/m0/s1. The molecule has 1 aliphatic carbocycles. The molecule has 3 N–H and O–H groups in total. The normalized spacial score (nSPS) is 15.3. The molecule has 0 saturated heterocycles. The monoisotopic (exact) mass is 428 g/mol. The zero-order chi connectivity index (χ0) is 19.8. The van der Waals surface area contributed by atoms with Crippen LogP contribution in [0.2, 0.25) is 0 Å². The van der Waals surface area contributed by atoms with Gasteiger partial charge in [-0.1, -0.05) is 44.2 Å². The minimum atomic E-state index is -0.592. The Morgan fingerprint density at radius 1 is 1.26 bits per heavy atom. The molecule has 6 heteroatoms. The summed E-state index contributed by atoms with van der Waals surface area (Å²) < 4.78 is 0.725. The summed E-state index contributed by atoms with van der Waals surface area (Å²) in [6, 6.07) is 14.0. The fourth-order valence-electron chi connectivity index (χ4n) is 3.47. The van der Waals surface area contributed by atoms with E-state index in [4.69, 9.17) is 11.1 Å². The number of carbonyl (C=O) groups excluding carboxylic acids is 1. The highest BCUT2D eigenvalue weighted by Crippen LogP contribution is 2.43. The van der Waals surface area contributed by atoms with Gasteiger partial charge in [0, 0.05) is 18.2 Å². The summed E-state index contributed by atoms with van der Waals surface area (Å²) >= 11 is 3.42. The third kappa shape index (κ3) is 4.05. The second kappa shape index (κ2) is 7.43. The Hall–Kier alpha value is -2.21. The molecule has 3 rings (SSSR count). The maximum absolute atomic E-state index is 13.3. The fraction of sp³-hybridized carbons (Fsp3) is 0.381. The van der Waals surface area contributed by atoms with Crippen molar-refractivity contribution in [2.24, 2.45) is 5.73 Å². The first-order chi connectivity index (χ1) is 12.7. The van der Waals surface area contributed by atoms with Crippen molar-refractivity contribution < 1.29 is 4.79 Å². The SMILES string of the molecule is CN(C(=N)N)C(=O)[C@H](c1ccc(C2CC2)cc1)C(C)(C)c1cccc(Br)n1. The van der Waals surface area contributed by atoms with Gasteiger partial charge in [0.15, 0.2) is 5.96 Å². The molecule has 0 unspecified atom stereocenters. The third-order valence-electron chi connectivity index (χ3n) is 5.35. The molecule has 0 bridgehead atoms. The average Bonchev–Trinajstić information content (AvgIpc) is 3.46. The van der Waals surface area contributed by atoms with Crippen LogP contribution in [0.5, 0.6) is 0 Å². The third-order valence-corrected chi connectivity index (χ3v) is 5.80. The molecule has 1 aromatic heterocycles. The van der Waals surface area contributed by atoms with Gasteiger partial charge in [0.05, 0.1) is 5.92 Å². The summed E-state index contributed by atoms with van der Waals surface area (Å²) in [5, 5.41) is 7.69. The molecule has 5 nitrogen and oxygen atoms in total. The van der Waals surface area contributed by atoms with Crippen molar-refractivity contribution in [1.29, 1.82) is 5.41 Å². The van der Waals surface area contributed by atoms with Gasteiger partial charge in [0.25, 0.3) is 0 Å². The zero-order valence-corrected chi connectivity index (χ0v) is 17.5. The van der Waals surface area contributed by atoms with Gasteiger partial charge in [0.2, 0.25) is 5.91 Å². The quantitative estimate of drug-likeness (QED) is 0.426. The van der Waals surface area contributed by atoms with Gasteiger partial charge in [0.1, 0.15) is 4.60 Å². The number of carbonyl (C=O) groups is 1. The molecule has 0 aliphatic heterocycles. The Kier molecular flexibility index (Phi) is 5.38. The van der Waals surface area contributed by atoms with Crippen LogP contribution in [0.25, 0.3) is 0 Å². The van der Waals surface area contributed by atoms with E-state index in [1.807, 2.05) is 44.2 Å². The van der Waals surface area contributed by atoms with Gasteiger partial charge in [-0.05, 0) is 57.9 Å². The van der Waals surface area contributed by atoms with Crippen LogP contribution in [0, 0.1) is 5.41 Å². The molecule has 1 amide bonds. The molecule has 0 radical (unpaired) electrons. The first-order valence-corrected chi connectivity index (χ1v) is 9.85. The Bertz CT molecular complexity index is 859. The lowest BCUT2D eigenvalue weighted by Crippen LogP contribution is -2.46. The minimum Gasteiger partial charge on any atom is -0.370 e. The molecule has 1 aliphatic rings. The van der Waals surface area contributed by atoms with Crippen LogP contribution in [-0.2, 0) is 10.2 Å². The molecule has 27 heavy (non-hydrogen) atoms. The highest BCUT2D eigenvalue weighted by molar-refractivity contribution is 9.10. The number of benzene rings is 1. The number of aromatic nitrogens is 1. The van der Waals surface area contributed by atoms with Gasteiger partial charge >= 0.3 is 0 Å². The maximum Gasteiger partial charge on any atom is 0.237 e. The second-order valence-corrected chi connectivity index (χ2v) is 8.54. The first-order valence-electron chi connectivity index (χ1n) is 9.06. The van der Waals surface area contributed by atoms with Crippen molar-refractivity contribution in [2.75, 3.05) is 7.05 Å². The number of hydrogen-bond donors (Lipinski definition) is 2. The highest BCUT2D eigenvalue weighted by Gasteiger charge is 2.41. The van der Waals surface area contributed by atoms with Gasteiger partial charge in [-0.2, -0.15) is 0 Å². The first kappa shape index (κ1) is 19.5. The molecule has 1 atom stereocenters. The molecule has 1 saturated carbocycles. The van der Waals surface area contributed by atoms with Crippen LogP contribution in [-0.4, -0.2) is 28.8 Å². The molecule has 2 aromatic rings. The van der Waals surface area contributed by atoms with E-state index in [1.165, 1.54) is 23.3 Å². The molecule has 1 heterocycles. The largest absolute Gasteiger partial charge is 0.370 e. The van der Waals surface area contributed by atoms with E-state index < -0.39 is 11.3 Å². The van der Waals surface area contributed by atoms with Gasteiger partial charge < -0.3 is 5.73 Å². The van der Waals surface area contributed by atoms with Crippen molar-refractivity contribution in [2.45, 2.75) is 43.9 Å². The lowest BCUT2D eigenvalue weighted by Gasteiger charge is -2.35. The molecule has 0 spiro atoms. The van der Waals surface area contributed by atoms with Crippen LogP contribution >= 0.6 is 15.9 Å². The number of halogens is 1. The topological polar surface area (TPSA) is 83.1 Å². The maximum atomic E-state index is 13.3. The van der Waals surface area contributed by atoms with Gasteiger partial charge in [-0.15, -0.1) is 0 Å². The lowest BCUT2D eigenvalue weighted by molar-refractivity contribution is -0.129. The van der Waals surface area contributed by atoms with E-state index in [-0.39, 0.29) is 11.9 Å². The Morgan fingerprint density at radius 3 is 2.41 bits per heavy atom. The number of pyridine rings is 1. The molecular formula is C21H25BrN4O. The number of nitrogens with one attached hydrogen (secondary N) is 1. The van der Waals surface area contributed by atoms with E-state index >= 15 is 0 Å². The van der Waals surface area contributed by atoms with Crippen LogP contribution in [0.15, 0.2) is 47.1 Å². The summed E-state index contributed by atoms with van der Waals surface area (Å²) in [5.74, 6) is -0.333. The number of rotatable bonds is 5. The summed E-state index contributed by atoms with van der Waals surface area (Å²) in [6.45, 7) is 4.01. The van der Waals surface area contributed by atoms with Crippen molar-refractivity contribution >= 4 is 27.8 Å². The minimum absolute atomic E-state index is 0.214. The molecule has 1 fully saturated rings. The molecular weight excluding hydrogens is 404 g/mol. The summed E-state index contributed by atoms with van der Waals surface area (Å²) in [4.78, 5) is 19.1. The molecule has 1 aromatic carbocycles. The lowest BCUT2D eigenvalue weighted by atomic mass is 9.71. The van der Waals surface area contributed by atoms with Crippen molar-refractivity contribution in [3.63, 3.8) is 0 Å². The Labute approximate surface area is 168 Å². The van der Waals surface area contributed by atoms with Crippen LogP contribution < -0.4 is 5.73 Å². The van der Waals surface area contributed by atoms with E-state index in [0.29, 0.717) is 5.92 Å². The van der Waals surface area contributed by atoms with Crippen molar-refractivity contribution in [1.82, 2.24) is 9.88 Å². The Morgan fingerprint density at radius 2 is 1.89 bits per heavy atom.